The van der Waals surface area contributed by atoms with Gasteiger partial charge in [-0.25, -0.2) is 0 Å². The maximum Gasteiger partial charge on any atom is 0.241 e. The van der Waals surface area contributed by atoms with Crippen molar-refractivity contribution in [3.63, 3.8) is 0 Å². The van der Waals surface area contributed by atoms with Gasteiger partial charge in [-0.1, -0.05) is 0 Å². The van der Waals surface area contributed by atoms with Gasteiger partial charge in [0.25, 0.3) is 0 Å². The van der Waals surface area contributed by atoms with Crippen LogP contribution in [0.25, 0.3) is 0 Å². The minimum Gasteiger partial charge on any atom is -0.380 e. The van der Waals surface area contributed by atoms with E-state index < -0.39 is 0 Å². The van der Waals surface area contributed by atoms with Crippen LogP contribution >= 0.6 is 0 Å². The van der Waals surface area contributed by atoms with Crippen molar-refractivity contribution in [3.05, 3.63) is 0 Å². The molecular weight excluding hydrogens is 246 g/mol. The van der Waals surface area contributed by atoms with E-state index in [4.69, 9.17) is 4.74 Å². The summed E-state index contributed by atoms with van der Waals surface area (Å²) in [4.78, 5) is 25.6. The Balaban J connectivity index is 1.69. The van der Waals surface area contributed by atoms with Crippen LogP contribution < -0.4 is 10.6 Å². The van der Waals surface area contributed by atoms with Crippen LogP contribution in [0, 0.1) is 0 Å². The van der Waals surface area contributed by atoms with Gasteiger partial charge in [-0.15, -0.1) is 0 Å². The maximum atomic E-state index is 11.9. The van der Waals surface area contributed by atoms with Crippen LogP contribution in [0.3, 0.4) is 0 Å². The van der Waals surface area contributed by atoms with E-state index in [0.29, 0.717) is 13.0 Å². The zero-order chi connectivity index (χ0) is 13.7. The van der Waals surface area contributed by atoms with E-state index >= 15 is 0 Å². The fraction of sp³-hybridized carbons (Fsp3) is 0.846. The number of piperidine rings is 1. The first kappa shape index (κ1) is 14.3. The Morgan fingerprint density at radius 1 is 1.32 bits per heavy atom. The summed E-state index contributed by atoms with van der Waals surface area (Å²) in [7, 11) is 1.65. The van der Waals surface area contributed by atoms with Crippen LogP contribution in [0.1, 0.15) is 25.7 Å². The molecule has 6 nitrogen and oxygen atoms in total. The average Bonchev–Trinajstić information content (AvgIpc) is 2.94. The third-order valence-corrected chi connectivity index (χ3v) is 3.86. The van der Waals surface area contributed by atoms with Crippen molar-refractivity contribution in [2.24, 2.45) is 0 Å². The third-order valence-electron chi connectivity index (χ3n) is 3.86. The monoisotopic (exact) mass is 269 g/mol. The van der Waals surface area contributed by atoms with Crippen molar-refractivity contribution in [2.75, 3.05) is 33.3 Å². The molecule has 0 spiro atoms. The summed E-state index contributed by atoms with van der Waals surface area (Å²) >= 11 is 0. The van der Waals surface area contributed by atoms with Crippen molar-refractivity contribution in [1.82, 2.24) is 15.5 Å². The van der Waals surface area contributed by atoms with Crippen LogP contribution in [-0.2, 0) is 14.3 Å². The molecule has 0 aliphatic carbocycles. The molecule has 2 unspecified atom stereocenters. The molecule has 0 aromatic heterocycles. The smallest absolute Gasteiger partial charge is 0.241 e. The summed E-state index contributed by atoms with van der Waals surface area (Å²) in [5, 5.41) is 5.82. The lowest BCUT2D eigenvalue weighted by molar-refractivity contribution is -0.134. The van der Waals surface area contributed by atoms with Gasteiger partial charge in [-0.05, 0) is 25.7 Å². The van der Waals surface area contributed by atoms with Gasteiger partial charge in [-0.3, -0.25) is 9.59 Å². The van der Waals surface area contributed by atoms with Gasteiger partial charge in [-0.2, -0.15) is 0 Å². The number of hydrogen-bond donors (Lipinski definition) is 2. The predicted octanol–water partition coefficient (Wildman–Crippen LogP) is -0.508. The summed E-state index contributed by atoms with van der Waals surface area (Å²) in [6, 6.07) is -0.237. The number of amides is 2. The highest BCUT2D eigenvalue weighted by molar-refractivity contribution is 5.87. The van der Waals surface area contributed by atoms with Crippen molar-refractivity contribution >= 4 is 11.8 Å². The van der Waals surface area contributed by atoms with Crippen molar-refractivity contribution < 1.29 is 14.3 Å². The van der Waals surface area contributed by atoms with Crippen LogP contribution in [0.4, 0.5) is 0 Å². The number of carbonyl (C=O) groups excluding carboxylic acids is 2. The first-order valence-corrected chi connectivity index (χ1v) is 7.02. The fourth-order valence-electron chi connectivity index (χ4n) is 2.62. The quantitative estimate of drug-likeness (QED) is 0.721. The van der Waals surface area contributed by atoms with E-state index in [2.05, 4.69) is 10.6 Å². The lowest BCUT2D eigenvalue weighted by Gasteiger charge is -2.26. The minimum atomic E-state index is -0.237. The predicted molar refractivity (Wildman–Crippen MR) is 70.6 cm³/mol. The largest absolute Gasteiger partial charge is 0.380 e. The van der Waals surface area contributed by atoms with Gasteiger partial charge in [0.2, 0.25) is 11.8 Å². The van der Waals surface area contributed by atoms with Gasteiger partial charge in [0, 0.05) is 26.7 Å². The minimum absolute atomic E-state index is 0.0225. The lowest BCUT2D eigenvalue weighted by atomic mass is 10.1. The lowest BCUT2D eigenvalue weighted by Crippen LogP contribution is -2.46. The zero-order valence-corrected chi connectivity index (χ0v) is 11.5. The number of methoxy groups -OCH3 is 1. The molecule has 2 aliphatic rings. The summed E-state index contributed by atoms with van der Waals surface area (Å²) in [6.07, 6.45) is 4.09. The topological polar surface area (TPSA) is 70.7 Å². The van der Waals surface area contributed by atoms with Crippen molar-refractivity contribution in [2.45, 2.75) is 37.8 Å². The Morgan fingerprint density at radius 2 is 2.05 bits per heavy atom. The number of nitrogens with zero attached hydrogens (tertiary/aromatic N) is 1. The van der Waals surface area contributed by atoms with E-state index in [1.54, 1.807) is 7.11 Å². The number of nitrogens with one attached hydrogen (secondary N) is 2. The van der Waals surface area contributed by atoms with Crippen LogP contribution in [0.15, 0.2) is 0 Å². The van der Waals surface area contributed by atoms with Crippen LogP contribution in [-0.4, -0.2) is 62.1 Å². The maximum absolute atomic E-state index is 11.9. The number of hydrogen-bond acceptors (Lipinski definition) is 4. The number of carbonyl (C=O) groups is 2. The van der Waals surface area contributed by atoms with Gasteiger partial charge in [0.05, 0.1) is 18.7 Å². The second kappa shape index (κ2) is 6.86. The second-order valence-electron chi connectivity index (χ2n) is 5.21. The average molecular weight is 269 g/mol. The molecule has 0 saturated carbocycles. The molecule has 2 heterocycles. The fourth-order valence-corrected chi connectivity index (χ4v) is 2.62. The number of likely N-dealkylation sites (tertiary alicyclic amines) is 1. The molecule has 0 bridgehead atoms. The van der Waals surface area contributed by atoms with E-state index in [-0.39, 0.29) is 30.5 Å². The molecular formula is C13H23N3O3. The molecule has 19 heavy (non-hydrogen) atoms. The Hall–Kier alpha value is -1.14. The molecule has 2 rings (SSSR count). The first-order valence-electron chi connectivity index (χ1n) is 7.02. The Morgan fingerprint density at radius 3 is 2.68 bits per heavy atom. The molecule has 2 amide bonds. The SMILES string of the molecule is COC1CNC(C(=O)NCC(=O)N2CCCCC2)C1. The molecule has 2 aliphatic heterocycles. The molecule has 0 aromatic carbocycles. The first-order chi connectivity index (χ1) is 9.20. The Bertz CT molecular complexity index is 329. The van der Waals surface area contributed by atoms with E-state index in [0.717, 1.165) is 25.9 Å². The molecule has 2 N–H and O–H groups in total. The molecule has 108 valence electrons. The Labute approximate surface area is 113 Å². The van der Waals surface area contributed by atoms with Crippen LogP contribution in [0.2, 0.25) is 0 Å². The molecule has 0 aromatic rings. The summed E-state index contributed by atoms with van der Waals surface area (Å²) in [5.41, 5.74) is 0. The number of ether oxygens (including phenoxy) is 1. The second-order valence-corrected chi connectivity index (χ2v) is 5.21. The summed E-state index contributed by atoms with van der Waals surface area (Å²) in [5.74, 6) is -0.0840. The standard InChI is InChI=1S/C13H23N3O3/c1-19-10-7-11(14-8-10)13(18)15-9-12(17)16-5-3-2-4-6-16/h10-11,14H,2-9H2,1H3,(H,15,18). The highest BCUT2D eigenvalue weighted by Gasteiger charge is 2.29. The molecule has 6 heteroatoms. The van der Waals surface area contributed by atoms with Gasteiger partial charge < -0.3 is 20.3 Å². The van der Waals surface area contributed by atoms with Crippen molar-refractivity contribution in [1.29, 1.82) is 0 Å². The molecule has 2 saturated heterocycles. The van der Waals surface area contributed by atoms with E-state index in [1.807, 2.05) is 4.90 Å². The van der Waals surface area contributed by atoms with Gasteiger partial charge in [0.15, 0.2) is 0 Å². The van der Waals surface area contributed by atoms with Gasteiger partial charge >= 0.3 is 0 Å². The highest BCUT2D eigenvalue weighted by atomic mass is 16.5. The van der Waals surface area contributed by atoms with Gasteiger partial charge in [0.1, 0.15) is 0 Å². The summed E-state index contributed by atoms with van der Waals surface area (Å²) in [6.45, 7) is 2.44. The molecule has 0 radical (unpaired) electrons. The normalized spacial score (nSPS) is 27.3. The molecule has 2 fully saturated rings. The van der Waals surface area contributed by atoms with Crippen molar-refractivity contribution in [3.8, 4) is 0 Å². The highest BCUT2D eigenvalue weighted by Crippen LogP contribution is 2.10. The van der Waals surface area contributed by atoms with E-state index in [1.165, 1.54) is 6.42 Å². The Kier molecular flexibility index (Phi) is 5.15. The van der Waals surface area contributed by atoms with Crippen LogP contribution in [0.5, 0.6) is 0 Å². The zero-order valence-electron chi connectivity index (χ0n) is 11.5. The summed E-state index contributed by atoms with van der Waals surface area (Å²) < 4.78 is 5.19. The van der Waals surface area contributed by atoms with E-state index in [9.17, 15) is 9.59 Å². The number of rotatable bonds is 4. The molecule has 2 atom stereocenters. The third kappa shape index (κ3) is 3.91.